The van der Waals surface area contributed by atoms with Crippen LogP contribution in [0.2, 0.25) is 0 Å². The fourth-order valence-electron chi connectivity index (χ4n) is 1.85. The van der Waals surface area contributed by atoms with E-state index in [1.807, 2.05) is 0 Å². The molecule has 2 N–H and O–H groups in total. The number of nitrogens with two attached hydrogens (primary N) is 1. The van der Waals surface area contributed by atoms with Crippen molar-refractivity contribution >= 4 is 11.3 Å². The SMILES string of the molecule is CCN(CCCN(C)C)Cc1ccc(C#CCN)s1. The second-order valence-corrected chi connectivity index (χ2v) is 5.97. The molecule has 0 aromatic carbocycles. The smallest absolute Gasteiger partial charge is 0.0772 e. The van der Waals surface area contributed by atoms with Gasteiger partial charge in [-0.2, -0.15) is 0 Å². The van der Waals surface area contributed by atoms with E-state index in [1.165, 1.54) is 11.3 Å². The van der Waals surface area contributed by atoms with Crippen LogP contribution >= 0.6 is 11.3 Å². The van der Waals surface area contributed by atoms with E-state index in [2.05, 4.69) is 54.8 Å². The van der Waals surface area contributed by atoms with Crippen LogP contribution in [-0.2, 0) is 6.54 Å². The summed E-state index contributed by atoms with van der Waals surface area (Å²) in [5.41, 5.74) is 5.38. The molecule has 0 aliphatic carbocycles. The molecule has 0 atom stereocenters. The highest BCUT2D eigenvalue weighted by Gasteiger charge is 2.06. The minimum atomic E-state index is 0.429. The minimum Gasteiger partial charge on any atom is -0.320 e. The van der Waals surface area contributed by atoms with Crippen LogP contribution in [0, 0.1) is 11.8 Å². The normalized spacial score (nSPS) is 10.8. The molecule has 0 spiro atoms. The number of hydrogen-bond donors (Lipinski definition) is 1. The summed E-state index contributed by atoms with van der Waals surface area (Å²) in [6.45, 7) is 7.07. The van der Waals surface area contributed by atoms with Crippen LogP contribution in [0.1, 0.15) is 23.1 Å². The van der Waals surface area contributed by atoms with Crippen molar-refractivity contribution in [2.24, 2.45) is 5.73 Å². The molecular weight excluding hydrogens is 254 g/mol. The number of rotatable bonds is 7. The number of nitrogens with zero attached hydrogens (tertiary/aromatic N) is 2. The zero-order valence-electron chi connectivity index (χ0n) is 12.3. The molecule has 0 saturated carbocycles. The summed E-state index contributed by atoms with van der Waals surface area (Å²) in [7, 11) is 4.25. The van der Waals surface area contributed by atoms with Crippen molar-refractivity contribution in [3.8, 4) is 11.8 Å². The molecule has 19 heavy (non-hydrogen) atoms. The Hall–Kier alpha value is -0.860. The lowest BCUT2D eigenvalue weighted by Crippen LogP contribution is -2.26. The van der Waals surface area contributed by atoms with E-state index in [-0.39, 0.29) is 0 Å². The van der Waals surface area contributed by atoms with Gasteiger partial charge in [0.25, 0.3) is 0 Å². The fraction of sp³-hybridized carbons (Fsp3) is 0.600. The van der Waals surface area contributed by atoms with E-state index in [0.29, 0.717) is 6.54 Å². The molecule has 0 bridgehead atoms. The maximum atomic E-state index is 5.38. The monoisotopic (exact) mass is 279 g/mol. The van der Waals surface area contributed by atoms with Crippen LogP contribution in [0.4, 0.5) is 0 Å². The summed E-state index contributed by atoms with van der Waals surface area (Å²) < 4.78 is 0. The van der Waals surface area contributed by atoms with Crippen LogP contribution in [-0.4, -0.2) is 50.1 Å². The average molecular weight is 279 g/mol. The zero-order chi connectivity index (χ0) is 14.1. The molecule has 1 heterocycles. The van der Waals surface area contributed by atoms with Gasteiger partial charge < -0.3 is 10.6 Å². The van der Waals surface area contributed by atoms with E-state index in [1.54, 1.807) is 11.3 Å². The topological polar surface area (TPSA) is 32.5 Å². The Morgan fingerprint density at radius 1 is 1.26 bits per heavy atom. The van der Waals surface area contributed by atoms with Crippen molar-refractivity contribution in [3.63, 3.8) is 0 Å². The van der Waals surface area contributed by atoms with Crippen molar-refractivity contribution in [1.29, 1.82) is 0 Å². The Morgan fingerprint density at radius 3 is 2.68 bits per heavy atom. The Morgan fingerprint density at radius 2 is 2.05 bits per heavy atom. The highest BCUT2D eigenvalue weighted by Crippen LogP contribution is 2.17. The lowest BCUT2D eigenvalue weighted by atomic mass is 10.3. The van der Waals surface area contributed by atoms with Crippen LogP contribution < -0.4 is 5.73 Å². The maximum Gasteiger partial charge on any atom is 0.0772 e. The minimum absolute atomic E-state index is 0.429. The third-order valence-corrected chi connectivity index (χ3v) is 3.87. The van der Waals surface area contributed by atoms with Crippen molar-refractivity contribution in [3.05, 3.63) is 21.9 Å². The molecule has 0 unspecified atom stereocenters. The lowest BCUT2D eigenvalue weighted by Gasteiger charge is -2.20. The molecular formula is C15H25N3S. The Bertz CT molecular complexity index is 415. The van der Waals surface area contributed by atoms with Gasteiger partial charge in [0, 0.05) is 11.4 Å². The summed E-state index contributed by atoms with van der Waals surface area (Å²) in [6.07, 6.45) is 1.21. The first-order valence-corrected chi connectivity index (χ1v) is 7.62. The van der Waals surface area contributed by atoms with Gasteiger partial charge in [0.15, 0.2) is 0 Å². The summed E-state index contributed by atoms with van der Waals surface area (Å²) >= 11 is 1.78. The fourth-order valence-corrected chi connectivity index (χ4v) is 2.77. The van der Waals surface area contributed by atoms with Gasteiger partial charge >= 0.3 is 0 Å². The van der Waals surface area contributed by atoms with E-state index in [4.69, 9.17) is 5.73 Å². The highest BCUT2D eigenvalue weighted by molar-refractivity contribution is 7.12. The second kappa shape index (κ2) is 9.11. The van der Waals surface area contributed by atoms with Gasteiger partial charge in [-0.25, -0.2) is 0 Å². The standard InChI is InChI=1S/C15H25N3S/c1-4-18(12-6-11-17(2)3)13-15-9-8-14(19-15)7-5-10-16/h8-9H,4,6,10-13,16H2,1-3H3. The zero-order valence-corrected chi connectivity index (χ0v) is 13.1. The van der Waals surface area contributed by atoms with Gasteiger partial charge in [0.1, 0.15) is 0 Å². The molecule has 0 aliphatic rings. The molecule has 4 heteroatoms. The van der Waals surface area contributed by atoms with E-state index in [9.17, 15) is 0 Å². The lowest BCUT2D eigenvalue weighted by molar-refractivity contribution is 0.261. The van der Waals surface area contributed by atoms with Crippen molar-refractivity contribution in [2.75, 3.05) is 40.3 Å². The molecule has 1 aromatic rings. The first kappa shape index (κ1) is 16.2. The predicted octanol–water partition coefficient (Wildman–Crippen LogP) is 1.83. The van der Waals surface area contributed by atoms with Gasteiger partial charge in [-0.15, -0.1) is 11.3 Å². The summed E-state index contributed by atoms with van der Waals surface area (Å²) in [5.74, 6) is 5.99. The highest BCUT2D eigenvalue weighted by atomic mass is 32.1. The summed E-state index contributed by atoms with van der Waals surface area (Å²) in [4.78, 5) is 7.22. The van der Waals surface area contributed by atoms with E-state index in [0.717, 1.165) is 31.1 Å². The van der Waals surface area contributed by atoms with Crippen LogP contribution in [0.3, 0.4) is 0 Å². The van der Waals surface area contributed by atoms with Crippen molar-refractivity contribution in [2.45, 2.75) is 19.9 Å². The largest absolute Gasteiger partial charge is 0.320 e. The Balaban J connectivity index is 2.44. The number of thiophene rings is 1. The first-order chi connectivity index (χ1) is 9.15. The van der Waals surface area contributed by atoms with E-state index >= 15 is 0 Å². The number of hydrogen-bond acceptors (Lipinski definition) is 4. The maximum absolute atomic E-state index is 5.38. The molecule has 0 fully saturated rings. The van der Waals surface area contributed by atoms with Crippen molar-refractivity contribution in [1.82, 2.24) is 9.80 Å². The first-order valence-electron chi connectivity index (χ1n) is 6.80. The predicted molar refractivity (Wildman–Crippen MR) is 84.4 cm³/mol. The molecule has 0 amide bonds. The van der Waals surface area contributed by atoms with Crippen LogP contribution in [0.5, 0.6) is 0 Å². The second-order valence-electron chi connectivity index (χ2n) is 4.80. The third-order valence-electron chi connectivity index (χ3n) is 2.88. The Kier molecular flexibility index (Phi) is 7.76. The molecule has 0 saturated heterocycles. The molecule has 0 radical (unpaired) electrons. The summed E-state index contributed by atoms with van der Waals surface area (Å²) in [6, 6.07) is 4.27. The van der Waals surface area contributed by atoms with Gasteiger partial charge in [0.2, 0.25) is 0 Å². The molecule has 106 valence electrons. The Labute approximate surface area is 121 Å². The molecule has 1 rings (SSSR count). The van der Waals surface area contributed by atoms with Gasteiger partial charge in [0.05, 0.1) is 11.4 Å². The molecule has 0 aliphatic heterocycles. The van der Waals surface area contributed by atoms with E-state index < -0.39 is 0 Å². The third kappa shape index (κ3) is 6.74. The molecule has 3 nitrogen and oxygen atoms in total. The summed E-state index contributed by atoms with van der Waals surface area (Å²) in [5, 5.41) is 0. The van der Waals surface area contributed by atoms with Crippen LogP contribution in [0.25, 0.3) is 0 Å². The quantitative estimate of drug-likeness (QED) is 0.773. The molecule has 1 aromatic heterocycles. The van der Waals surface area contributed by atoms with Crippen molar-refractivity contribution < 1.29 is 0 Å². The van der Waals surface area contributed by atoms with Gasteiger partial charge in [-0.3, -0.25) is 4.90 Å². The van der Waals surface area contributed by atoms with Crippen LogP contribution in [0.15, 0.2) is 12.1 Å². The van der Waals surface area contributed by atoms with Gasteiger partial charge in [-0.1, -0.05) is 18.8 Å². The average Bonchev–Trinajstić information content (AvgIpc) is 2.82. The van der Waals surface area contributed by atoms with Gasteiger partial charge in [-0.05, 0) is 52.3 Å².